The molecule has 0 radical (unpaired) electrons. The van der Waals surface area contributed by atoms with Gasteiger partial charge in [0.05, 0.1) is 12.5 Å². The molecular weight excluding hydrogens is 256 g/mol. The van der Waals surface area contributed by atoms with E-state index in [1.807, 2.05) is 24.3 Å². The maximum absolute atomic E-state index is 11.8. The van der Waals surface area contributed by atoms with Gasteiger partial charge in [-0.1, -0.05) is 25.0 Å². The van der Waals surface area contributed by atoms with Gasteiger partial charge in [0.15, 0.2) is 0 Å². The van der Waals surface area contributed by atoms with Crippen molar-refractivity contribution in [2.75, 3.05) is 7.11 Å². The fourth-order valence-corrected chi connectivity index (χ4v) is 3.28. The fraction of sp³-hybridized carbons (Fsp3) is 0.500. The number of hydrogen-bond acceptors (Lipinski definition) is 3. The molecule has 0 bridgehead atoms. The van der Waals surface area contributed by atoms with Gasteiger partial charge in [-0.2, -0.15) is 0 Å². The van der Waals surface area contributed by atoms with Crippen LogP contribution in [0.5, 0.6) is 5.75 Å². The summed E-state index contributed by atoms with van der Waals surface area (Å²) in [7, 11) is 1.59. The molecule has 0 heterocycles. The molecule has 1 aliphatic rings. The maximum atomic E-state index is 11.8. The lowest BCUT2D eigenvalue weighted by atomic mass is 9.62. The Kier molecular flexibility index (Phi) is 4.42. The summed E-state index contributed by atoms with van der Waals surface area (Å²) in [4.78, 5) is 22.9. The smallest absolute Gasteiger partial charge is 0.303 e. The van der Waals surface area contributed by atoms with Crippen LogP contribution >= 0.6 is 0 Å². The zero-order valence-electron chi connectivity index (χ0n) is 11.7. The molecule has 2 rings (SSSR count). The first-order valence-electron chi connectivity index (χ1n) is 6.95. The second kappa shape index (κ2) is 6.07. The number of carboxylic acids is 1. The molecule has 4 nitrogen and oxygen atoms in total. The van der Waals surface area contributed by atoms with E-state index in [9.17, 15) is 9.59 Å². The topological polar surface area (TPSA) is 63.6 Å². The molecule has 1 aromatic carbocycles. The molecule has 108 valence electrons. The van der Waals surface area contributed by atoms with Crippen LogP contribution in [0.2, 0.25) is 0 Å². The van der Waals surface area contributed by atoms with E-state index < -0.39 is 11.4 Å². The molecule has 1 aliphatic carbocycles. The first-order valence-corrected chi connectivity index (χ1v) is 6.95. The number of aliphatic carboxylic acids is 1. The van der Waals surface area contributed by atoms with Gasteiger partial charge in [0.25, 0.3) is 0 Å². The van der Waals surface area contributed by atoms with Crippen molar-refractivity contribution >= 4 is 12.3 Å². The summed E-state index contributed by atoms with van der Waals surface area (Å²) in [5.74, 6) is -0.284. The summed E-state index contributed by atoms with van der Waals surface area (Å²) < 4.78 is 5.22. The van der Waals surface area contributed by atoms with Gasteiger partial charge in [0.1, 0.15) is 12.0 Å². The van der Waals surface area contributed by atoms with E-state index in [0.29, 0.717) is 12.2 Å². The number of rotatable bonds is 5. The van der Waals surface area contributed by atoms with Crippen molar-refractivity contribution in [3.8, 4) is 5.75 Å². The van der Waals surface area contributed by atoms with Crippen LogP contribution in [0, 0.1) is 5.92 Å². The Balaban J connectivity index is 2.42. The Morgan fingerprint density at radius 2 is 2.30 bits per heavy atom. The van der Waals surface area contributed by atoms with Crippen molar-refractivity contribution < 1.29 is 19.4 Å². The SMILES string of the molecule is COc1cccc(C2(C=O)CCCCC2CC(=O)O)c1. The number of carbonyl (C=O) groups is 2. The molecule has 1 N–H and O–H groups in total. The molecule has 20 heavy (non-hydrogen) atoms. The molecule has 1 saturated carbocycles. The zero-order valence-corrected chi connectivity index (χ0v) is 11.7. The minimum absolute atomic E-state index is 0.0376. The highest BCUT2D eigenvalue weighted by molar-refractivity contribution is 5.73. The summed E-state index contributed by atoms with van der Waals surface area (Å²) in [5, 5.41) is 9.10. The van der Waals surface area contributed by atoms with Crippen molar-refractivity contribution in [1.82, 2.24) is 0 Å². The number of ether oxygens (including phenoxy) is 1. The highest BCUT2D eigenvalue weighted by atomic mass is 16.5. The quantitative estimate of drug-likeness (QED) is 0.840. The van der Waals surface area contributed by atoms with Crippen molar-refractivity contribution in [3.63, 3.8) is 0 Å². The van der Waals surface area contributed by atoms with E-state index in [0.717, 1.165) is 31.1 Å². The Bertz CT molecular complexity index is 497. The molecule has 1 aromatic rings. The van der Waals surface area contributed by atoms with Crippen LogP contribution in [0.15, 0.2) is 24.3 Å². The number of carboxylic acid groups (broad SMARTS) is 1. The van der Waals surface area contributed by atoms with Crippen molar-refractivity contribution in [2.45, 2.75) is 37.5 Å². The van der Waals surface area contributed by atoms with Crippen LogP contribution in [0.1, 0.15) is 37.7 Å². The first kappa shape index (κ1) is 14.6. The van der Waals surface area contributed by atoms with Crippen LogP contribution in [0.4, 0.5) is 0 Å². The number of hydrogen-bond donors (Lipinski definition) is 1. The van der Waals surface area contributed by atoms with Crippen molar-refractivity contribution in [2.24, 2.45) is 5.92 Å². The Labute approximate surface area is 118 Å². The van der Waals surface area contributed by atoms with E-state index in [1.54, 1.807) is 7.11 Å². The molecule has 2 atom stereocenters. The largest absolute Gasteiger partial charge is 0.497 e. The third-order valence-electron chi connectivity index (χ3n) is 4.36. The highest BCUT2D eigenvalue weighted by Crippen LogP contribution is 2.44. The first-order chi connectivity index (χ1) is 9.62. The second-order valence-electron chi connectivity index (χ2n) is 5.43. The van der Waals surface area contributed by atoms with E-state index in [1.165, 1.54) is 0 Å². The van der Waals surface area contributed by atoms with Gasteiger partial charge in [0, 0.05) is 6.42 Å². The van der Waals surface area contributed by atoms with E-state index >= 15 is 0 Å². The third kappa shape index (κ3) is 2.69. The van der Waals surface area contributed by atoms with Crippen molar-refractivity contribution in [1.29, 1.82) is 0 Å². The van der Waals surface area contributed by atoms with E-state index in [4.69, 9.17) is 9.84 Å². The number of aldehydes is 1. The fourth-order valence-electron chi connectivity index (χ4n) is 3.28. The summed E-state index contributed by atoms with van der Waals surface area (Å²) in [6, 6.07) is 7.44. The predicted molar refractivity (Wildman–Crippen MR) is 74.9 cm³/mol. The van der Waals surface area contributed by atoms with E-state index in [-0.39, 0.29) is 12.3 Å². The molecular formula is C16H20O4. The third-order valence-corrected chi connectivity index (χ3v) is 4.36. The Morgan fingerprint density at radius 3 is 2.95 bits per heavy atom. The Morgan fingerprint density at radius 1 is 1.50 bits per heavy atom. The van der Waals surface area contributed by atoms with Gasteiger partial charge < -0.3 is 14.6 Å². The molecule has 2 unspecified atom stereocenters. The van der Waals surface area contributed by atoms with E-state index in [2.05, 4.69) is 0 Å². The predicted octanol–water partition coefficient (Wildman–Crippen LogP) is 2.80. The molecule has 0 aromatic heterocycles. The van der Waals surface area contributed by atoms with Gasteiger partial charge in [0.2, 0.25) is 0 Å². The van der Waals surface area contributed by atoms with Gasteiger partial charge in [-0.3, -0.25) is 4.79 Å². The standard InChI is InChI=1S/C16H20O4/c1-20-14-7-4-6-12(9-14)16(11-17)8-3-2-5-13(16)10-15(18)19/h4,6-7,9,11,13H,2-3,5,8,10H2,1H3,(H,18,19). The van der Waals surface area contributed by atoms with Crippen LogP contribution < -0.4 is 4.74 Å². The lowest BCUT2D eigenvalue weighted by molar-refractivity contribution is -0.139. The molecule has 1 fully saturated rings. The van der Waals surface area contributed by atoms with Crippen molar-refractivity contribution in [3.05, 3.63) is 29.8 Å². The van der Waals surface area contributed by atoms with Crippen LogP contribution in [-0.4, -0.2) is 24.5 Å². The monoisotopic (exact) mass is 276 g/mol. The van der Waals surface area contributed by atoms with Gasteiger partial charge >= 0.3 is 5.97 Å². The van der Waals surface area contributed by atoms with Crippen LogP contribution in [0.3, 0.4) is 0 Å². The molecule has 0 amide bonds. The van der Waals surface area contributed by atoms with Crippen LogP contribution in [0.25, 0.3) is 0 Å². The molecule has 0 aliphatic heterocycles. The maximum Gasteiger partial charge on any atom is 0.303 e. The molecule has 4 heteroatoms. The van der Waals surface area contributed by atoms with Gasteiger partial charge in [-0.05, 0) is 36.5 Å². The lowest BCUT2D eigenvalue weighted by Crippen LogP contribution is -2.40. The highest BCUT2D eigenvalue weighted by Gasteiger charge is 2.43. The molecule has 0 saturated heterocycles. The second-order valence-corrected chi connectivity index (χ2v) is 5.43. The normalized spacial score (nSPS) is 25.9. The number of methoxy groups -OCH3 is 1. The minimum atomic E-state index is -0.842. The molecule has 0 spiro atoms. The summed E-state index contributed by atoms with van der Waals surface area (Å²) >= 11 is 0. The number of carbonyl (C=O) groups excluding carboxylic acids is 1. The summed E-state index contributed by atoms with van der Waals surface area (Å²) in [5.41, 5.74) is 0.184. The average molecular weight is 276 g/mol. The summed E-state index contributed by atoms with van der Waals surface area (Å²) in [6.45, 7) is 0. The average Bonchev–Trinajstić information content (AvgIpc) is 2.47. The Hall–Kier alpha value is -1.84. The van der Waals surface area contributed by atoms with Gasteiger partial charge in [-0.15, -0.1) is 0 Å². The van der Waals surface area contributed by atoms with Crippen LogP contribution in [-0.2, 0) is 15.0 Å². The number of benzene rings is 1. The van der Waals surface area contributed by atoms with Gasteiger partial charge in [-0.25, -0.2) is 0 Å². The summed E-state index contributed by atoms with van der Waals surface area (Å²) in [6.07, 6.45) is 4.41. The lowest BCUT2D eigenvalue weighted by Gasteiger charge is -2.40. The zero-order chi connectivity index (χ0) is 14.6. The minimum Gasteiger partial charge on any atom is -0.497 e.